The van der Waals surface area contributed by atoms with E-state index >= 15 is 0 Å². The van der Waals surface area contributed by atoms with Crippen molar-refractivity contribution in [3.8, 4) is 11.5 Å². The van der Waals surface area contributed by atoms with Gasteiger partial charge in [-0.3, -0.25) is 9.59 Å². The summed E-state index contributed by atoms with van der Waals surface area (Å²) in [6.07, 6.45) is 0.692. The first-order chi connectivity index (χ1) is 9.19. The van der Waals surface area contributed by atoms with Gasteiger partial charge in [0.1, 0.15) is 11.5 Å². The summed E-state index contributed by atoms with van der Waals surface area (Å²) in [6, 6.07) is 14.2. The van der Waals surface area contributed by atoms with Gasteiger partial charge in [-0.15, -0.1) is 0 Å². The van der Waals surface area contributed by atoms with Gasteiger partial charge in [0.15, 0.2) is 6.29 Å². The summed E-state index contributed by atoms with van der Waals surface area (Å²) in [6.45, 7) is 1.39. The molecule has 0 aliphatic rings. The molecular weight excluding hydrogens is 242 g/mol. The Morgan fingerprint density at radius 1 is 1.11 bits per heavy atom. The molecule has 2 aromatic carbocycles. The van der Waals surface area contributed by atoms with Crippen molar-refractivity contribution in [2.75, 3.05) is 5.32 Å². The number of rotatable bonds is 4. The average Bonchev–Trinajstić information content (AvgIpc) is 2.39. The van der Waals surface area contributed by atoms with E-state index in [-0.39, 0.29) is 5.91 Å². The molecule has 2 aromatic rings. The number of benzene rings is 2. The van der Waals surface area contributed by atoms with Crippen LogP contribution in [0.2, 0.25) is 0 Å². The molecule has 4 nitrogen and oxygen atoms in total. The molecule has 0 heterocycles. The van der Waals surface area contributed by atoms with Crippen LogP contribution in [0.4, 0.5) is 5.69 Å². The number of hydrogen-bond donors (Lipinski definition) is 1. The third-order valence-corrected chi connectivity index (χ3v) is 2.44. The van der Waals surface area contributed by atoms with E-state index in [0.29, 0.717) is 29.0 Å². The number of nitrogens with one attached hydrogen (secondary N) is 1. The Kier molecular flexibility index (Phi) is 3.93. The molecule has 0 bridgehead atoms. The molecule has 1 N–H and O–H groups in total. The summed E-state index contributed by atoms with van der Waals surface area (Å²) >= 11 is 0. The van der Waals surface area contributed by atoms with Crippen LogP contribution in [-0.2, 0) is 4.79 Å². The number of hydrogen-bond acceptors (Lipinski definition) is 3. The molecule has 0 aliphatic heterocycles. The summed E-state index contributed by atoms with van der Waals surface area (Å²) in [5.41, 5.74) is 0.853. The van der Waals surface area contributed by atoms with Crippen molar-refractivity contribution in [3.63, 3.8) is 0 Å². The maximum Gasteiger partial charge on any atom is 0.221 e. The third kappa shape index (κ3) is 3.42. The maximum absolute atomic E-state index is 11.1. The summed E-state index contributed by atoms with van der Waals surface area (Å²) in [5, 5.41) is 2.60. The molecule has 0 saturated heterocycles. The Morgan fingerprint density at radius 2 is 1.84 bits per heavy atom. The predicted octanol–water partition coefficient (Wildman–Crippen LogP) is 3.25. The zero-order valence-corrected chi connectivity index (χ0v) is 10.4. The summed E-state index contributed by atoms with van der Waals surface area (Å²) < 4.78 is 5.63. The van der Waals surface area contributed by atoms with E-state index in [2.05, 4.69) is 5.32 Å². The highest BCUT2D eigenvalue weighted by Crippen LogP contribution is 2.26. The largest absolute Gasteiger partial charge is 0.457 e. The van der Waals surface area contributed by atoms with Gasteiger partial charge in [0.05, 0.1) is 5.69 Å². The van der Waals surface area contributed by atoms with Gasteiger partial charge in [0.25, 0.3) is 0 Å². The second-order valence-corrected chi connectivity index (χ2v) is 3.96. The van der Waals surface area contributed by atoms with Gasteiger partial charge in [-0.05, 0) is 24.3 Å². The van der Waals surface area contributed by atoms with Crippen LogP contribution in [0.1, 0.15) is 17.3 Å². The van der Waals surface area contributed by atoms with Gasteiger partial charge in [0, 0.05) is 18.6 Å². The lowest BCUT2D eigenvalue weighted by Crippen LogP contribution is -2.08. The van der Waals surface area contributed by atoms with Crippen LogP contribution in [0.25, 0.3) is 0 Å². The van der Waals surface area contributed by atoms with Gasteiger partial charge in [0.2, 0.25) is 5.91 Å². The van der Waals surface area contributed by atoms with Crippen molar-refractivity contribution in [2.45, 2.75) is 6.92 Å². The lowest BCUT2D eigenvalue weighted by molar-refractivity contribution is -0.114. The van der Waals surface area contributed by atoms with E-state index in [4.69, 9.17) is 4.74 Å². The molecule has 1 amide bonds. The smallest absolute Gasteiger partial charge is 0.221 e. The molecule has 0 aromatic heterocycles. The van der Waals surface area contributed by atoms with Crippen molar-refractivity contribution in [1.29, 1.82) is 0 Å². The second kappa shape index (κ2) is 5.82. The number of ether oxygens (including phenoxy) is 1. The number of carbonyl (C=O) groups is 2. The first kappa shape index (κ1) is 12.8. The Balaban J connectivity index is 2.27. The van der Waals surface area contributed by atoms with E-state index in [1.54, 1.807) is 18.2 Å². The zero-order valence-electron chi connectivity index (χ0n) is 10.4. The fourth-order valence-corrected chi connectivity index (χ4v) is 1.62. The normalized spacial score (nSPS) is 9.74. The highest BCUT2D eigenvalue weighted by molar-refractivity contribution is 5.95. The number of para-hydroxylation sites is 1. The van der Waals surface area contributed by atoms with E-state index in [1.165, 1.54) is 6.92 Å². The van der Waals surface area contributed by atoms with Crippen molar-refractivity contribution in [3.05, 3.63) is 54.1 Å². The molecule has 0 unspecified atom stereocenters. The lowest BCUT2D eigenvalue weighted by Gasteiger charge is -2.09. The SMILES string of the molecule is CC(=O)Nc1cc(Oc2ccccc2)ccc1C=O. The second-order valence-electron chi connectivity index (χ2n) is 3.96. The minimum Gasteiger partial charge on any atom is -0.457 e. The van der Waals surface area contributed by atoms with E-state index in [1.807, 2.05) is 30.3 Å². The summed E-state index contributed by atoms with van der Waals surface area (Å²) in [7, 11) is 0. The molecule has 0 saturated carbocycles. The summed E-state index contributed by atoms with van der Waals surface area (Å²) in [4.78, 5) is 22.0. The monoisotopic (exact) mass is 255 g/mol. The molecule has 0 radical (unpaired) electrons. The van der Waals surface area contributed by atoms with Gasteiger partial charge in [-0.2, -0.15) is 0 Å². The predicted molar refractivity (Wildman–Crippen MR) is 72.6 cm³/mol. The third-order valence-electron chi connectivity index (χ3n) is 2.44. The lowest BCUT2D eigenvalue weighted by atomic mass is 10.2. The molecule has 96 valence electrons. The van der Waals surface area contributed by atoms with Crippen molar-refractivity contribution < 1.29 is 14.3 Å². The molecular formula is C15H13NO3. The van der Waals surface area contributed by atoms with E-state index in [0.717, 1.165) is 0 Å². The number of anilines is 1. The Bertz CT molecular complexity index is 594. The van der Waals surface area contributed by atoms with Gasteiger partial charge in [-0.25, -0.2) is 0 Å². The van der Waals surface area contributed by atoms with E-state index in [9.17, 15) is 9.59 Å². The fraction of sp³-hybridized carbons (Fsp3) is 0.0667. The number of carbonyl (C=O) groups excluding carboxylic acids is 2. The standard InChI is InChI=1S/C15H13NO3/c1-11(18)16-15-9-14(8-7-12(15)10-17)19-13-5-3-2-4-6-13/h2-10H,1H3,(H,16,18). The topological polar surface area (TPSA) is 55.4 Å². The van der Waals surface area contributed by atoms with Crippen LogP contribution < -0.4 is 10.1 Å². The Morgan fingerprint density at radius 3 is 2.47 bits per heavy atom. The molecule has 4 heteroatoms. The molecule has 19 heavy (non-hydrogen) atoms. The Hall–Kier alpha value is -2.62. The first-order valence-corrected chi connectivity index (χ1v) is 5.79. The van der Waals surface area contributed by atoms with E-state index < -0.39 is 0 Å². The Labute approximate surface area is 111 Å². The zero-order chi connectivity index (χ0) is 13.7. The van der Waals surface area contributed by atoms with Gasteiger partial charge >= 0.3 is 0 Å². The van der Waals surface area contributed by atoms with Crippen LogP contribution in [0.3, 0.4) is 0 Å². The molecule has 0 aliphatic carbocycles. The first-order valence-electron chi connectivity index (χ1n) is 5.79. The molecule has 0 atom stereocenters. The van der Waals surface area contributed by atoms with Crippen molar-refractivity contribution in [1.82, 2.24) is 0 Å². The number of amides is 1. The minimum absolute atomic E-state index is 0.236. The van der Waals surface area contributed by atoms with Crippen LogP contribution in [0.5, 0.6) is 11.5 Å². The van der Waals surface area contributed by atoms with Crippen LogP contribution >= 0.6 is 0 Å². The highest BCUT2D eigenvalue weighted by Gasteiger charge is 2.06. The molecule has 2 rings (SSSR count). The maximum atomic E-state index is 11.1. The van der Waals surface area contributed by atoms with Gasteiger partial charge in [-0.1, -0.05) is 18.2 Å². The highest BCUT2D eigenvalue weighted by atomic mass is 16.5. The average molecular weight is 255 g/mol. The molecule has 0 spiro atoms. The summed E-state index contributed by atoms with van der Waals surface area (Å²) in [5.74, 6) is 1.01. The molecule has 0 fully saturated rings. The quantitative estimate of drug-likeness (QED) is 0.853. The minimum atomic E-state index is -0.236. The number of aldehydes is 1. The van der Waals surface area contributed by atoms with Crippen LogP contribution in [-0.4, -0.2) is 12.2 Å². The van der Waals surface area contributed by atoms with Gasteiger partial charge < -0.3 is 10.1 Å². The fourth-order valence-electron chi connectivity index (χ4n) is 1.62. The van der Waals surface area contributed by atoms with Crippen LogP contribution in [0, 0.1) is 0 Å². The van der Waals surface area contributed by atoms with Crippen LogP contribution in [0.15, 0.2) is 48.5 Å². The van der Waals surface area contributed by atoms with Crippen molar-refractivity contribution >= 4 is 17.9 Å². The van der Waals surface area contributed by atoms with Crippen molar-refractivity contribution in [2.24, 2.45) is 0 Å².